The second-order valence-corrected chi connectivity index (χ2v) is 15.5. The molecular weight excluding hydrogens is 441 g/mol. The second-order valence-electron chi connectivity index (χ2n) is 9.30. The number of benzene rings is 1. The smallest absolute Gasteiger partial charge is 0.306 e. The maximum atomic E-state index is 13.2. The van der Waals surface area contributed by atoms with Crippen molar-refractivity contribution in [3.8, 4) is 0 Å². The van der Waals surface area contributed by atoms with Gasteiger partial charge in [-0.25, -0.2) is 0 Å². The molecule has 1 saturated heterocycles. The molecule has 1 amide bonds. The number of alkyl halides is 2. The number of carbonyl (C=O) groups is 2. The van der Waals surface area contributed by atoms with Gasteiger partial charge in [-0.1, -0.05) is 74.3 Å². The van der Waals surface area contributed by atoms with Crippen LogP contribution < -0.4 is 0 Å². The molecule has 1 aliphatic heterocycles. The van der Waals surface area contributed by atoms with Crippen LogP contribution >= 0.6 is 23.2 Å². The quantitative estimate of drug-likeness (QED) is 0.297. The van der Waals surface area contributed by atoms with Crippen molar-refractivity contribution in [3.63, 3.8) is 0 Å². The monoisotopic (exact) mass is 473 g/mol. The number of hydrogen-bond acceptors (Lipinski definition) is 4. The number of halogens is 2. The molecule has 0 unspecified atom stereocenters. The molecule has 1 fully saturated rings. The molecule has 0 radical (unpaired) electrons. The number of rotatable bonds is 8. The first-order valence-corrected chi connectivity index (χ1v) is 14.0. The van der Waals surface area contributed by atoms with Crippen LogP contribution in [0.3, 0.4) is 0 Å². The van der Waals surface area contributed by atoms with Crippen molar-refractivity contribution < 1.29 is 18.8 Å². The van der Waals surface area contributed by atoms with E-state index in [-0.39, 0.29) is 24.7 Å². The third-order valence-electron chi connectivity index (χ3n) is 6.19. The van der Waals surface area contributed by atoms with Gasteiger partial charge in [-0.2, -0.15) is 0 Å². The van der Waals surface area contributed by atoms with Gasteiger partial charge in [0.15, 0.2) is 8.32 Å². The van der Waals surface area contributed by atoms with Gasteiger partial charge in [0.25, 0.3) is 5.91 Å². The molecule has 8 heteroatoms. The van der Waals surface area contributed by atoms with Gasteiger partial charge in [0.05, 0.1) is 25.7 Å². The summed E-state index contributed by atoms with van der Waals surface area (Å²) < 4.78 is 9.85. The van der Waals surface area contributed by atoms with Crippen LogP contribution in [0.5, 0.6) is 0 Å². The summed E-state index contributed by atoms with van der Waals surface area (Å²) in [6, 6.07) is 9.23. The Hall–Kier alpha value is -1.08. The van der Waals surface area contributed by atoms with Gasteiger partial charge in [0.2, 0.25) is 4.33 Å². The van der Waals surface area contributed by atoms with Crippen LogP contribution in [0.4, 0.5) is 0 Å². The molecule has 5 nitrogen and oxygen atoms in total. The highest BCUT2D eigenvalue weighted by Crippen LogP contribution is 2.46. The maximum absolute atomic E-state index is 13.2. The first-order chi connectivity index (χ1) is 13.8. The zero-order valence-electron chi connectivity index (χ0n) is 18.7. The maximum Gasteiger partial charge on any atom is 0.306 e. The largest absolute Gasteiger partial charge is 0.466 e. The van der Waals surface area contributed by atoms with Crippen LogP contribution in [-0.2, 0) is 25.3 Å². The van der Waals surface area contributed by atoms with Gasteiger partial charge in [-0.05, 0) is 30.6 Å². The predicted octanol–water partition coefficient (Wildman–Crippen LogP) is 5.16. The minimum Gasteiger partial charge on any atom is -0.466 e. The Labute approximate surface area is 191 Å². The van der Waals surface area contributed by atoms with E-state index >= 15 is 0 Å². The SMILES string of the molecule is CCOC(=O)C[C@H]1[C@H](CO[Si](C)(C)C(C)(C)C)N(Cc2ccccc2)C(=O)C1(Cl)Cl. The summed E-state index contributed by atoms with van der Waals surface area (Å²) >= 11 is 13.1. The Kier molecular flexibility index (Phi) is 8.05. The van der Waals surface area contributed by atoms with E-state index < -0.39 is 36.5 Å². The van der Waals surface area contributed by atoms with E-state index in [9.17, 15) is 9.59 Å². The van der Waals surface area contributed by atoms with Gasteiger partial charge in [0, 0.05) is 12.5 Å². The number of amides is 1. The number of carbonyl (C=O) groups excluding carboxylic acids is 2. The van der Waals surface area contributed by atoms with Crippen molar-refractivity contribution >= 4 is 43.4 Å². The summed E-state index contributed by atoms with van der Waals surface area (Å²) in [5.41, 5.74) is 0.962. The first-order valence-electron chi connectivity index (χ1n) is 10.3. The zero-order chi connectivity index (χ0) is 22.7. The first kappa shape index (κ1) is 25.2. The average molecular weight is 475 g/mol. The Balaban J connectivity index is 2.34. The van der Waals surface area contributed by atoms with Crippen LogP contribution in [-0.4, -0.2) is 48.7 Å². The summed E-state index contributed by atoms with van der Waals surface area (Å²) in [5.74, 6) is -1.44. The summed E-state index contributed by atoms with van der Waals surface area (Å²) in [7, 11) is -2.09. The molecule has 1 heterocycles. The molecule has 0 aliphatic carbocycles. The van der Waals surface area contributed by atoms with Crippen molar-refractivity contribution in [1.82, 2.24) is 4.90 Å². The third kappa shape index (κ3) is 5.58. The lowest BCUT2D eigenvalue weighted by Crippen LogP contribution is -2.46. The summed E-state index contributed by atoms with van der Waals surface area (Å²) in [6.07, 6.45) is -0.0383. The van der Waals surface area contributed by atoms with E-state index in [0.717, 1.165) is 5.56 Å². The molecule has 0 aromatic heterocycles. The molecule has 1 aliphatic rings. The molecule has 1 aromatic carbocycles. The summed E-state index contributed by atoms with van der Waals surface area (Å²) in [6.45, 7) is 13.4. The van der Waals surface area contributed by atoms with E-state index in [1.165, 1.54) is 0 Å². The van der Waals surface area contributed by atoms with Gasteiger partial charge in [-0.15, -0.1) is 0 Å². The normalized spacial score (nSPS) is 21.7. The molecule has 2 rings (SSSR count). The summed E-state index contributed by atoms with van der Waals surface area (Å²) in [5, 5.41) is 0.00945. The fourth-order valence-corrected chi connectivity index (χ4v) is 4.99. The van der Waals surface area contributed by atoms with Crippen LogP contribution in [0.2, 0.25) is 18.1 Å². The molecule has 168 valence electrons. The Morgan fingerprint density at radius 2 is 1.80 bits per heavy atom. The van der Waals surface area contributed by atoms with E-state index in [2.05, 4.69) is 33.9 Å². The molecular formula is C22H33Cl2NO4Si. The highest BCUT2D eigenvalue weighted by atomic mass is 35.5. The standard InChI is InChI=1S/C22H33Cl2NO4Si/c1-7-28-19(26)13-17-18(15-29-30(5,6)21(2,3)4)25(20(27)22(17,23)24)14-16-11-9-8-10-12-16/h8-12,17-18H,7,13-15H2,1-6H3/t17-,18-/m0/s1. The number of hydrogen-bond donors (Lipinski definition) is 0. The van der Waals surface area contributed by atoms with Crippen LogP contribution in [0.15, 0.2) is 30.3 Å². The lowest BCUT2D eigenvalue weighted by molar-refractivity contribution is -0.144. The summed E-state index contributed by atoms with van der Waals surface area (Å²) in [4.78, 5) is 27.1. The van der Waals surface area contributed by atoms with Crippen LogP contribution in [0.25, 0.3) is 0 Å². The van der Waals surface area contributed by atoms with Gasteiger partial charge in [0.1, 0.15) is 0 Å². The fraction of sp³-hybridized carbons (Fsp3) is 0.636. The Morgan fingerprint density at radius 1 is 1.20 bits per heavy atom. The number of nitrogens with zero attached hydrogens (tertiary/aromatic N) is 1. The van der Waals surface area contributed by atoms with E-state index in [4.69, 9.17) is 32.4 Å². The van der Waals surface area contributed by atoms with Gasteiger partial charge in [-0.3, -0.25) is 9.59 Å². The van der Waals surface area contributed by atoms with Crippen LogP contribution in [0, 0.1) is 5.92 Å². The fourth-order valence-electron chi connectivity index (χ4n) is 3.31. The van der Waals surface area contributed by atoms with E-state index in [1.54, 1.807) is 11.8 Å². The van der Waals surface area contributed by atoms with Crippen molar-refractivity contribution in [2.75, 3.05) is 13.2 Å². The van der Waals surface area contributed by atoms with E-state index in [0.29, 0.717) is 6.54 Å². The lowest BCUT2D eigenvalue weighted by atomic mass is 9.96. The van der Waals surface area contributed by atoms with Gasteiger partial charge < -0.3 is 14.1 Å². The number of esters is 1. The molecule has 1 aromatic rings. The number of likely N-dealkylation sites (tertiary alicyclic amines) is 1. The molecule has 0 spiro atoms. The minimum atomic E-state index is -2.09. The lowest BCUT2D eigenvalue weighted by Gasteiger charge is -2.38. The number of ether oxygens (including phenoxy) is 1. The highest BCUT2D eigenvalue weighted by molar-refractivity contribution is 6.74. The van der Waals surface area contributed by atoms with Crippen LogP contribution in [0.1, 0.15) is 39.7 Å². The van der Waals surface area contributed by atoms with Gasteiger partial charge >= 0.3 is 5.97 Å². The molecule has 0 saturated carbocycles. The molecule has 0 N–H and O–H groups in total. The highest BCUT2D eigenvalue weighted by Gasteiger charge is 2.58. The van der Waals surface area contributed by atoms with Crippen molar-refractivity contribution in [3.05, 3.63) is 35.9 Å². The predicted molar refractivity (Wildman–Crippen MR) is 123 cm³/mol. The zero-order valence-corrected chi connectivity index (χ0v) is 21.2. The Bertz CT molecular complexity index is 749. The molecule has 0 bridgehead atoms. The minimum absolute atomic E-state index is 0.00945. The second kappa shape index (κ2) is 9.59. The average Bonchev–Trinajstić information content (AvgIpc) is 2.81. The topological polar surface area (TPSA) is 55.8 Å². The third-order valence-corrected chi connectivity index (χ3v) is 11.6. The molecule has 30 heavy (non-hydrogen) atoms. The van der Waals surface area contributed by atoms with Crippen molar-refractivity contribution in [2.45, 2.75) is 69.2 Å². The van der Waals surface area contributed by atoms with E-state index in [1.807, 2.05) is 30.3 Å². The Morgan fingerprint density at radius 3 is 2.33 bits per heavy atom. The molecule has 2 atom stereocenters. The van der Waals surface area contributed by atoms with Crippen molar-refractivity contribution in [2.24, 2.45) is 5.92 Å². The van der Waals surface area contributed by atoms with Crippen molar-refractivity contribution in [1.29, 1.82) is 0 Å².